The summed E-state index contributed by atoms with van der Waals surface area (Å²) in [5, 5.41) is 40.5. The van der Waals surface area contributed by atoms with Gasteiger partial charge in [0, 0.05) is 23.9 Å². The summed E-state index contributed by atoms with van der Waals surface area (Å²) in [6, 6.07) is 10.4. The molecule has 1 amide bonds. The van der Waals surface area contributed by atoms with Crippen molar-refractivity contribution in [3.05, 3.63) is 69.0 Å². The fourth-order valence-electron chi connectivity index (χ4n) is 4.29. The molecule has 0 saturated carbocycles. The largest absolute Gasteiger partial charge is 0.500 e. The van der Waals surface area contributed by atoms with Crippen LogP contribution in [0.4, 0.5) is 17.2 Å². The number of benzene rings is 2. The Morgan fingerprint density at radius 2 is 2.18 bits per heavy atom. The SMILES string of the molecule is COc1cc(/C=N\NC(=O)c2nnn(-c3nonc3N)c2CN2CCCc3ccccc32)cc([N+](=O)[O-])c1O. The number of fused-ring (bicyclic) bond motifs is 1. The highest BCUT2D eigenvalue weighted by Crippen LogP contribution is 2.36. The summed E-state index contributed by atoms with van der Waals surface area (Å²) in [5.41, 5.74) is 10.4. The maximum Gasteiger partial charge on any atom is 0.315 e. The second-order valence-electron chi connectivity index (χ2n) is 8.47. The molecule has 0 fully saturated rings. The first-order valence-electron chi connectivity index (χ1n) is 11.6. The second-order valence-corrected chi connectivity index (χ2v) is 8.47. The van der Waals surface area contributed by atoms with Crippen molar-refractivity contribution in [1.29, 1.82) is 0 Å². The first-order chi connectivity index (χ1) is 18.9. The number of hydrazone groups is 1. The number of amides is 1. The van der Waals surface area contributed by atoms with E-state index in [4.69, 9.17) is 15.1 Å². The van der Waals surface area contributed by atoms with Crippen LogP contribution >= 0.6 is 0 Å². The number of nitro benzene ring substituents is 1. The molecule has 2 aromatic carbocycles. The molecule has 0 spiro atoms. The predicted octanol–water partition coefficient (Wildman–Crippen LogP) is 1.57. The molecule has 2 aromatic heterocycles. The number of nitrogens with two attached hydrogens (primary N) is 1. The van der Waals surface area contributed by atoms with Crippen molar-refractivity contribution in [1.82, 2.24) is 30.7 Å². The number of phenols is 1. The van der Waals surface area contributed by atoms with E-state index in [-0.39, 0.29) is 35.2 Å². The van der Waals surface area contributed by atoms with Crippen LogP contribution in [0.5, 0.6) is 11.5 Å². The zero-order valence-electron chi connectivity index (χ0n) is 20.5. The van der Waals surface area contributed by atoms with Crippen LogP contribution in [-0.4, -0.2) is 61.1 Å². The molecule has 0 radical (unpaired) electrons. The number of hydrogen-bond acceptors (Lipinski definition) is 13. The highest BCUT2D eigenvalue weighted by atomic mass is 16.6. The van der Waals surface area contributed by atoms with E-state index in [2.05, 4.69) is 42.1 Å². The number of nitrogen functional groups attached to an aromatic ring is 1. The second kappa shape index (κ2) is 10.4. The van der Waals surface area contributed by atoms with E-state index in [1.807, 2.05) is 18.2 Å². The fraction of sp³-hybridized carbons (Fsp3) is 0.217. The van der Waals surface area contributed by atoms with E-state index in [9.17, 15) is 20.0 Å². The van der Waals surface area contributed by atoms with Crippen LogP contribution in [0.25, 0.3) is 5.82 Å². The number of phenolic OH excluding ortho intramolecular Hbond substituents is 1. The molecule has 200 valence electrons. The number of methoxy groups -OCH3 is 1. The normalized spacial score (nSPS) is 12.9. The van der Waals surface area contributed by atoms with Gasteiger partial charge in [-0.05, 0) is 40.9 Å². The Morgan fingerprint density at radius 3 is 2.92 bits per heavy atom. The van der Waals surface area contributed by atoms with Crippen molar-refractivity contribution >= 4 is 29.3 Å². The summed E-state index contributed by atoms with van der Waals surface area (Å²) < 4.78 is 11.0. The van der Waals surface area contributed by atoms with Gasteiger partial charge in [-0.1, -0.05) is 23.4 Å². The molecule has 0 saturated heterocycles. The van der Waals surface area contributed by atoms with E-state index in [0.717, 1.165) is 37.4 Å². The molecule has 5 rings (SSSR count). The van der Waals surface area contributed by atoms with Gasteiger partial charge in [-0.25, -0.2) is 10.1 Å². The Labute approximate surface area is 219 Å². The summed E-state index contributed by atoms with van der Waals surface area (Å²) in [4.78, 5) is 25.7. The topological polar surface area (TPSA) is 213 Å². The molecule has 1 aliphatic heterocycles. The van der Waals surface area contributed by atoms with Gasteiger partial charge in [-0.2, -0.15) is 9.78 Å². The molecule has 3 heterocycles. The van der Waals surface area contributed by atoms with E-state index in [0.29, 0.717) is 5.69 Å². The smallest absolute Gasteiger partial charge is 0.315 e. The number of anilines is 2. The molecule has 1 aliphatic rings. The van der Waals surface area contributed by atoms with Crippen LogP contribution in [0, 0.1) is 10.1 Å². The summed E-state index contributed by atoms with van der Waals surface area (Å²) in [5.74, 6) is -1.40. The summed E-state index contributed by atoms with van der Waals surface area (Å²) >= 11 is 0. The van der Waals surface area contributed by atoms with Crippen molar-refractivity contribution in [3.8, 4) is 17.3 Å². The number of hydrogen-bond donors (Lipinski definition) is 3. The Hall–Kier alpha value is -5.54. The molecule has 0 unspecified atom stereocenters. The van der Waals surface area contributed by atoms with Crippen molar-refractivity contribution in [2.75, 3.05) is 24.3 Å². The van der Waals surface area contributed by atoms with Crippen molar-refractivity contribution in [3.63, 3.8) is 0 Å². The first kappa shape index (κ1) is 25.1. The molecular weight excluding hydrogens is 512 g/mol. The number of nitrogens with zero attached hydrogens (tertiary/aromatic N) is 8. The molecule has 0 aliphatic carbocycles. The number of para-hydroxylation sites is 1. The minimum Gasteiger partial charge on any atom is -0.500 e. The predicted molar refractivity (Wildman–Crippen MR) is 136 cm³/mol. The van der Waals surface area contributed by atoms with Gasteiger partial charge >= 0.3 is 5.69 Å². The zero-order chi connectivity index (χ0) is 27.5. The maximum atomic E-state index is 13.1. The maximum absolute atomic E-state index is 13.1. The number of aromatic hydroxyl groups is 1. The van der Waals surface area contributed by atoms with Crippen molar-refractivity contribution in [2.24, 2.45) is 5.10 Å². The number of ether oxygens (including phenoxy) is 1. The van der Waals surface area contributed by atoms with Crippen LogP contribution in [0.1, 0.15) is 33.7 Å². The number of aryl methyl sites for hydroxylation is 1. The summed E-state index contributed by atoms with van der Waals surface area (Å²) in [7, 11) is 1.25. The highest BCUT2D eigenvalue weighted by molar-refractivity contribution is 5.94. The van der Waals surface area contributed by atoms with Gasteiger partial charge in [0.1, 0.15) is 0 Å². The van der Waals surface area contributed by atoms with Gasteiger partial charge in [0.25, 0.3) is 5.91 Å². The van der Waals surface area contributed by atoms with Crippen LogP contribution in [-0.2, 0) is 13.0 Å². The Bertz CT molecular complexity index is 1580. The molecule has 4 N–H and O–H groups in total. The van der Waals surface area contributed by atoms with Gasteiger partial charge in [-0.3, -0.25) is 14.9 Å². The van der Waals surface area contributed by atoms with Gasteiger partial charge in [-0.15, -0.1) is 5.10 Å². The number of nitro groups is 1. The Balaban J connectivity index is 1.44. The van der Waals surface area contributed by atoms with Crippen LogP contribution < -0.4 is 20.8 Å². The van der Waals surface area contributed by atoms with Gasteiger partial charge in [0.2, 0.25) is 17.4 Å². The summed E-state index contributed by atoms with van der Waals surface area (Å²) in [6.45, 7) is 0.972. The number of nitrogens with one attached hydrogen (secondary N) is 1. The van der Waals surface area contributed by atoms with Gasteiger partial charge < -0.3 is 20.5 Å². The van der Waals surface area contributed by atoms with E-state index < -0.39 is 22.3 Å². The van der Waals surface area contributed by atoms with Crippen LogP contribution in [0.3, 0.4) is 0 Å². The quantitative estimate of drug-likeness (QED) is 0.167. The molecule has 39 heavy (non-hydrogen) atoms. The van der Waals surface area contributed by atoms with Crippen molar-refractivity contribution < 1.29 is 24.2 Å². The number of rotatable bonds is 8. The fourth-order valence-corrected chi connectivity index (χ4v) is 4.29. The minimum absolute atomic E-state index is 0.0342. The third-order valence-corrected chi connectivity index (χ3v) is 6.10. The molecule has 0 bridgehead atoms. The molecule has 16 nitrogen and oxygen atoms in total. The number of carbonyl (C=O) groups excluding carboxylic acids is 1. The third kappa shape index (κ3) is 4.89. The Morgan fingerprint density at radius 1 is 1.36 bits per heavy atom. The highest BCUT2D eigenvalue weighted by Gasteiger charge is 2.27. The lowest BCUT2D eigenvalue weighted by Gasteiger charge is -2.31. The zero-order valence-corrected chi connectivity index (χ0v) is 20.5. The lowest BCUT2D eigenvalue weighted by Crippen LogP contribution is -2.31. The third-order valence-electron chi connectivity index (χ3n) is 6.10. The lowest BCUT2D eigenvalue weighted by atomic mass is 10.0. The van der Waals surface area contributed by atoms with Crippen LogP contribution in [0.15, 0.2) is 46.1 Å². The number of aromatic nitrogens is 5. The standard InChI is InChI=1S/C23H22N10O6/c1-38-18-10-13(9-16(20(18)34)33(36)37)11-25-27-23(35)19-17(32(30-26-19)22-21(24)28-39-29-22)12-31-8-4-6-14-5-2-3-7-15(14)31/h2-3,5,7,9-11,34H,4,6,8,12H2,1H3,(H2,24,28)(H,27,35)/b25-11-. The molecule has 4 aromatic rings. The average molecular weight is 534 g/mol. The molecule has 16 heteroatoms. The average Bonchev–Trinajstić information content (AvgIpc) is 3.54. The van der Waals surface area contributed by atoms with Crippen LogP contribution in [0.2, 0.25) is 0 Å². The lowest BCUT2D eigenvalue weighted by molar-refractivity contribution is -0.386. The van der Waals surface area contributed by atoms with E-state index in [1.165, 1.54) is 23.4 Å². The Kier molecular flexibility index (Phi) is 6.73. The van der Waals surface area contributed by atoms with E-state index in [1.54, 1.807) is 0 Å². The monoisotopic (exact) mass is 534 g/mol. The van der Waals surface area contributed by atoms with Gasteiger partial charge in [0.05, 0.1) is 30.5 Å². The molecule has 0 atom stereocenters. The minimum atomic E-state index is -0.762. The first-order valence-corrected chi connectivity index (χ1v) is 11.6. The van der Waals surface area contributed by atoms with Gasteiger partial charge in [0.15, 0.2) is 11.4 Å². The summed E-state index contributed by atoms with van der Waals surface area (Å²) in [6.07, 6.45) is 3.02. The molecular formula is C23H22N10O6. The van der Waals surface area contributed by atoms with E-state index >= 15 is 0 Å². The van der Waals surface area contributed by atoms with Crippen molar-refractivity contribution in [2.45, 2.75) is 19.4 Å². The number of carbonyl (C=O) groups is 1.